The monoisotopic (exact) mass is 300 g/mol. The third kappa shape index (κ3) is 2.94. The number of hydrogen-bond donors (Lipinski definition) is 0. The summed E-state index contributed by atoms with van der Waals surface area (Å²) in [6, 6.07) is 17.1. The summed E-state index contributed by atoms with van der Waals surface area (Å²) in [7, 11) is 0. The molecule has 0 unspecified atom stereocenters. The van der Waals surface area contributed by atoms with Gasteiger partial charge in [-0.2, -0.15) is 0 Å². The van der Waals surface area contributed by atoms with Crippen LogP contribution >= 0.6 is 22.7 Å². The first-order valence-electron chi connectivity index (χ1n) is 6.63. The molecule has 3 aromatic rings. The molecule has 0 N–H and O–H groups in total. The molecular weight excluding hydrogens is 284 g/mol. The van der Waals surface area contributed by atoms with Crippen LogP contribution < -0.4 is 4.74 Å². The van der Waals surface area contributed by atoms with E-state index < -0.39 is 0 Å². The minimum absolute atomic E-state index is 0.225. The summed E-state index contributed by atoms with van der Waals surface area (Å²) >= 11 is 3.47. The molecule has 0 saturated heterocycles. The molecule has 0 spiro atoms. The lowest BCUT2D eigenvalue weighted by atomic mass is 10.1. The van der Waals surface area contributed by atoms with Gasteiger partial charge >= 0.3 is 0 Å². The maximum atomic E-state index is 5.72. The molecule has 102 valence electrons. The van der Waals surface area contributed by atoms with Crippen LogP contribution in [0, 0.1) is 0 Å². The highest BCUT2D eigenvalue weighted by molar-refractivity contribution is 7.17. The molecular formula is C17H16OS2. The van der Waals surface area contributed by atoms with Gasteiger partial charge in [-0.3, -0.25) is 0 Å². The maximum Gasteiger partial charge on any atom is 0.174 e. The van der Waals surface area contributed by atoms with E-state index in [1.807, 2.05) is 6.07 Å². The second kappa shape index (κ2) is 5.81. The zero-order valence-electron chi connectivity index (χ0n) is 11.5. The number of ether oxygens (including phenoxy) is 1. The molecule has 0 bridgehead atoms. The number of rotatable bonds is 4. The normalized spacial score (nSPS) is 10.9. The number of benzene rings is 1. The van der Waals surface area contributed by atoms with Crippen LogP contribution in [-0.2, 0) is 0 Å². The van der Waals surface area contributed by atoms with Crippen molar-refractivity contribution in [2.45, 2.75) is 20.0 Å². The van der Waals surface area contributed by atoms with E-state index >= 15 is 0 Å². The van der Waals surface area contributed by atoms with Gasteiger partial charge in [0.1, 0.15) is 0 Å². The van der Waals surface area contributed by atoms with Gasteiger partial charge in [-0.1, -0.05) is 41.7 Å². The second-order valence-electron chi connectivity index (χ2n) is 4.84. The Hall–Kier alpha value is -1.58. The van der Waals surface area contributed by atoms with Crippen LogP contribution in [0.4, 0.5) is 0 Å². The zero-order valence-corrected chi connectivity index (χ0v) is 13.1. The standard InChI is InChI=1S/C17H16OS2/c1-12(2)18-17-10-9-16(20-17)14-7-5-13(6-8-14)15-4-3-11-19-15/h3-12H,1-2H3. The fourth-order valence-electron chi connectivity index (χ4n) is 2.01. The highest BCUT2D eigenvalue weighted by Crippen LogP contribution is 2.35. The zero-order chi connectivity index (χ0) is 13.9. The van der Waals surface area contributed by atoms with Gasteiger partial charge in [-0.05, 0) is 48.6 Å². The lowest BCUT2D eigenvalue weighted by molar-refractivity contribution is 0.250. The van der Waals surface area contributed by atoms with Crippen molar-refractivity contribution < 1.29 is 4.74 Å². The largest absolute Gasteiger partial charge is 0.481 e. The molecule has 0 aliphatic heterocycles. The molecule has 3 rings (SSSR count). The van der Waals surface area contributed by atoms with Crippen LogP contribution in [0.2, 0.25) is 0 Å². The lowest BCUT2D eigenvalue weighted by Crippen LogP contribution is -2.03. The maximum absolute atomic E-state index is 5.72. The molecule has 0 atom stereocenters. The average Bonchev–Trinajstić information content (AvgIpc) is 3.09. The van der Waals surface area contributed by atoms with E-state index in [2.05, 4.69) is 61.7 Å². The third-order valence-electron chi connectivity index (χ3n) is 2.91. The molecule has 0 radical (unpaired) electrons. The minimum Gasteiger partial charge on any atom is -0.481 e. The fraction of sp³-hybridized carbons (Fsp3) is 0.176. The summed E-state index contributed by atoms with van der Waals surface area (Å²) in [5.41, 5.74) is 2.52. The Balaban J connectivity index is 1.82. The van der Waals surface area contributed by atoms with E-state index in [4.69, 9.17) is 4.74 Å². The first-order valence-corrected chi connectivity index (χ1v) is 8.33. The predicted molar refractivity (Wildman–Crippen MR) is 88.8 cm³/mol. The third-order valence-corrected chi connectivity index (χ3v) is 4.85. The Labute approximate surface area is 127 Å². The SMILES string of the molecule is CC(C)Oc1ccc(-c2ccc(-c3cccs3)cc2)s1. The smallest absolute Gasteiger partial charge is 0.174 e. The molecule has 3 heteroatoms. The molecule has 0 saturated carbocycles. The Bertz CT molecular complexity index is 663. The average molecular weight is 300 g/mol. The highest BCUT2D eigenvalue weighted by Gasteiger charge is 2.06. The molecule has 0 aliphatic carbocycles. The minimum atomic E-state index is 0.225. The summed E-state index contributed by atoms with van der Waals surface area (Å²) < 4.78 is 5.72. The number of thiophene rings is 2. The van der Waals surface area contributed by atoms with Crippen LogP contribution in [0.3, 0.4) is 0 Å². The fourth-order valence-corrected chi connectivity index (χ4v) is 3.73. The van der Waals surface area contributed by atoms with E-state index in [0.717, 1.165) is 5.06 Å². The summed E-state index contributed by atoms with van der Waals surface area (Å²) in [6.45, 7) is 4.10. The summed E-state index contributed by atoms with van der Waals surface area (Å²) in [4.78, 5) is 2.56. The number of hydrogen-bond acceptors (Lipinski definition) is 3. The van der Waals surface area contributed by atoms with Gasteiger partial charge in [0.25, 0.3) is 0 Å². The topological polar surface area (TPSA) is 9.23 Å². The molecule has 0 aliphatic rings. The lowest BCUT2D eigenvalue weighted by Gasteiger charge is -2.05. The van der Waals surface area contributed by atoms with Gasteiger partial charge in [-0.15, -0.1) is 11.3 Å². The van der Waals surface area contributed by atoms with E-state index in [0.29, 0.717) is 0 Å². The van der Waals surface area contributed by atoms with Gasteiger partial charge in [0.15, 0.2) is 5.06 Å². The summed E-state index contributed by atoms with van der Waals surface area (Å²) in [5.74, 6) is 0. The molecule has 0 amide bonds. The second-order valence-corrected chi connectivity index (χ2v) is 6.83. The van der Waals surface area contributed by atoms with Crippen molar-refractivity contribution >= 4 is 22.7 Å². The van der Waals surface area contributed by atoms with Crippen LogP contribution in [0.15, 0.2) is 53.9 Å². The molecule has 2 aromatic heterocycles. The predicted octanol–water partition coefficient (Wildman–Crippen LogP) is 5.93. The van der Waals surface area contributed by atoms with Crippen molar-refractivity contribution in [3.05, 3.63) is 53.9 Å². The van der Waals surface area contributed by atoms with Gasteiger partial charge < -0.3 is 4.74 Å². The Morgan fingerprint density at radius 1 is 0.850 bits per heavy atom. The van der Waals surface area contributed by atoms with Gasteiger partial charge in [0.2, 0.25) is 0 Å². The summed E-state index contributed by atoms with van der Waals surface area (Å²) in [5, 5.41) is 3.09. The first kappa shape index (κ1) is 13.4. The van der Waals surface area contributed by atoms with E-state index in [-0.39, 0.29) is 6.10 Å². The molecule has 0 fully saturated rings. The quantitative estimate of drug-likeness (QED) is 0.580. The Morgan fingerprint density at radius 3 is 2.15 bits per heavy atom. The Morgan fingerprint density at radius 2 is 1.55 bits per heavy atom. The van der Waals surface area contributed by atoms with Crippen molar-refractivity contribution in [2.24, 2.45) is 0 Å². The molecule has 1 aromatic carbocycles. The van der Waals surface area contributed by atoms with Crippen molar-refractivity contribution in [3.8, 4) is 25.9 Å². The molecule has 1 nitrogen and oxygen atoms in total. The van der Waals surface area contributed by atoms with E-state index in [9.17, 15) is 0 Å². The van der Waals surface area contributed by atoms with E-state index in [1.165, 1.54) is 20.9 Å². The van der Waals surface area contributed by atoms with Crippen LogP contribution in [0.25, 0.3) is 20.9 Å². The van der Waals surface area contributed by atoms with Crippen molar-refractivity contribution in [1.29, 1.82) is 0 Å². The van der Waals surface area contributed by atoms with E-state index in [1.54, 1.807) is 22.7 Å². The van der Waals surface area contributed by atoms with Crippen LogP contribution in [0.1, 0.15) is 13.8 Å². The van der Waals surface area contributed by atoms with Crippen molar-refractivity contribution in [1.82, 2.24) is 0 Å². The van der Waals surface area contributed by atoms with Crippen LogP contribution in [-0.4, -0.2) is 6.10 Å². The van der Waals surface area contributed by atoms with Gasteiger partial charge in [-0.25, -0.2) is 0 Å². The van der Waals surface area contributed by atoms with Gasteiger partial charge in [0, 0.05) is 9.75 Å². The summed E-state index contributed by atoms with van der Waals surface area (Å²) in [6.07, 6.45) is 0.225. The van der Waals surface area contributed by atoms with Crippen molar-refractivity contribution in [3.63, 3.8) is 0 Å². The van der Waals surface area contributed by atoms with Crippen molar-refractivity contribution in [2.75, 3.05) is 0 Å². The van der Waals surface area contributed by atoms with Crippen LogP contribution in [0.5, 0.6) is 5.06 Å². The first-order chi connectivity index (χ1) is 9.72. The molecule has 2 heterocycles. The Kier molecular flexibility index (Phi) is 3.90. The molecule has 20 heavy (non-hydrogen) atoms. The van der Waals surface area contributed by atoms with Gasteiger partial charge in [0.05, 0.1) is 6.10 Å². The highest BCUT2D eigenvalue weighted by atomic mass is 32.1.